The number of hydrogen-bond acceptors (Lipinski definition) is 3. The molecule has 108 valence electrons. The molecule has 2 unspecified atom stereocenters. The summed E-state index contributed by atoms with van der Waals surface area (Å²) in [6.07, 6.45) is 1.98. The van der Waals surface area contributed by atoms with Gasteiger partial charge in [0, 0.05) is 18.7 Å². The van der Waals surface area contributed by atoms with Gasteiger partial charge in [-0.05, 0) is 24.1 Å². The monoisotopic (exact) mass is 272 g/mol. The van der Waals surface area contributed by atoms with E-state index in [1.807, 2.05) is 12.3 Å². The summed E-state index contributed by atoms with van der Waals surface area (Å²) in [6.45, 7) is 7.41. The lowest BCUT2D eigenvalue weighted by Gasteiger charge is -2.30. The van der Waals surface area contributed by atoms with Crippen LogP contribution >= 0.6 is 0 Å². The molecule has 1 aromatic heterocycles. The lowest BCUT2D eigenvalue weighted by Crippen LogP contribution is -2.36. The van der Waals surface area contributed by atoms with E-state index < -0.39 is 0 Å². The van der Waals surface area contributed by atoms with E-state index in [0.717, 1.165) is 12.1 Å². The van der Waals surface area contributed by atoms with Crippen LogP contribution in [0.25, 0.3) is 10.9 Å². The number of methoxy groups -OCH3 is 1. The number of benzene rings is 1. The maximum Gasteiger partial charge on any atom is 0.0789 e. The van der Waals surface area contributed by atoms with Crippen LogP contribution in [0.4, 0.5) is 0 Å². The van der Waals surface area contributed by atoms with Gasteiger partial charge in [-0.2, -0.15) is 0 Å². The average Bonchev–Trinajstić information content (AvgIpc) is 2.46. The largest absolute Gasteiger partial charge is 0.379 e. The second-order valence-electron chi connectivity index (χ2n) is 5.40. The average molecular weight is 272 g/mol. The third kappa shape index (κ3) is 3.00. The van der Waals surface area contributed by atoms with Crippen LogP contribution in [0, 0.1) is 5.92 Å². The molecule has 0 aliphatic rings. The molecule has 0 aliphatic carbocycles. The van der Waals surface area contributed by atoms with Gasteiger partial charge in [-0.1, -0.05) is 45.0 Å². The van der Waals surface area contributed by atoms with Crippen LogP contribution in [0.1, 0.15) is 32.4 Å². The van der Waals surface area contributed by atoms with E-state index in [1.54, 1.807) is 7.11 Å². The number of nitrogens with zero attached hydrogens (tertiary/aromatic N) is 1. The zero-order valence-corrected chi connectivity index (χ0v) is 12.8. The Morgan fingerprint density at radius 1 is 1.20 bits per heavy atom. The Labute approximate surface area is 121 Å². The van der Waals surface area contributed by atoms with E-state index in [-0.39, 0.29) is 12.1 Å². The zero-order valence-electron chi connectivity index (χ0n) is 12.8. The summed E-state index contributed by atoms with van der Waals surface area (Å²) in [7, 11) is 1.79. The highest BCUT2D eigenvalue weighted by Crippen LogP contribution is 2.29. The Kier molecular flexibility index (Phi) is 5.10. The third-order valence-electron chi connectivity index (χ3n) is 3.68. The highest BCUT2D eigenvalue weighted by atomic mass is 16.5. The van der Waals surface area contributed by atoms with Crippen LogP contribution in [-0.4, -0.2) is 24.7 Å². The summed E-state index contributed by atoms with van der Waals surface area (Å²) in [4.78, 5) is 4.56. The highest BCUT2D eigenvalue weighted by Gasteiger charge is 2.26. The van der Waals surface area contributed by atoms with Crippen molar-refractivity contribution in [2.75, 3.05) is 13.7 Å². The van der Waals surface area contributed by atoms with Gasteiger partial charge in [-0.25, -0.2) is 0 Å². The highest BCUT2D eigenvalue weighted by molar-refractivity contribution is 5.82. The molecule has 2 aromatic rings. The molecule has 0 spiro atoms. The van der Waals surface area contributed by atoms with Gasteiger partial charge in [0.05, 0.1) is 17.7 Å². The summed E-state index contributed by atoms with van der Waals surface area (Å²) in [5.74, 6) is 0.433. The molecule has 0 amide bonds. The van der Waals surface area contributed by atoms with E-state index in [4.69, 9.17) is 4.74 Å². The van der Waals surface area contributed by atoms with Gasteiger partial charge >= 0.3 is 0 Å². The van der Waals surface area contributed by atoms with Crippen LogP contribution in [0.5, 0.6) is 0 Å². The van der Waals surface area contributed by atoms with Crippen LogP contribution in [0.2, 0.25) is 0 Å². The fourth-order valence-corrected chi connectivity index (χ4v) is 2.79. The molecule has 2 rings (SSSR count). The molecule has 0 bridgehead atoms. The third-order valence-corrected chi connectivity index (χ3v) is 3.68. The lowest BCUT2D eigenvalue weighted by molar-refractivity contribution is 0.0334. The minimum Gasteiger partial charge on any atom is -0.379 e. The van der Waals surface area contributed by atoms with E-state index in [2.05, 4.69) is 55.3 Å². The van der Waals surface area contributed by atoms with Crippen LogP contribution in [0.15, 0.2) is 36.5 Å². The van der Waals surface area contributed by atoms with Crippen LogP contribution < -0.4 is 5.32 Å². The van der Waals surface area contributed by atoms with Crippen LogP contribution in [-0.2, 0) is 4.74 Å². The summed E-state index contributed by atoms with van der Waals surface area (Å²) in [5, 5.41) is 4.73. The topological polar surface area (TPSA) is 34.2 Å². The number of para-hydroxylation sites is 1. The van der Waals surface area contributed by atoms with E-state index >= 15 is 0 Å². The minimum atomic E-state index is 0.127. The fraction of sp³-hybridized carbons (Fsp3) is 0.471. The van der Waals surface area contributed by atoms with Crippen molar-refractivity contribution in [3.8, 4) is 0 Å². The van der Waals surface area contributed by atoms with Gasteiger partial charge in [-0.3, -0.25) is 4.98 Å². The summed E-state index contributed by atoms with van der Waals surface area (Å²) in [5.41, 5.74) is 2.27. The predicted molar refractivity (Wildman–Crippen MR) is 83.8 cm³/mol. The lowest BCUT2D eigenvalue weighted by atomic mass is 9.92. The van der Waals surface area contributed by atoms with Crippen molar-refractivity contribution < 1.29 is 4.74 Å². The number of likely N-dealkylation sites (N-methyl/N-ethyl adjacent to an activating group) is 1. The summed E-state index contributed by atoms with van der Waals surface area (Å²) in [6, 6.07) is 10.6. The van der Waals surface area contributed by atoms with Gasteiger partial charge in [0.2, 0.25) is 0 Å². The van der Waals surface area contributed by atoms with E-state index in [9.17, 15) is 0 Å². The van der Waals surface area contributed by atoms with Gasteiger partial charge < -0.3 is 10.1 Å². The number of fused-ring (bicyclic) bond motifs is 1. The van der Waals surface area contributed by atoms with Crippen molar-refractivity contribution >= 4 is 10.9 Å². The molecule has 1 N–H and O–H groups in total. The molecule has 1 aromatic carbocycles. The molecule has 0 radical (unpaired) electrons. The fourth-order valence-electron chi connectivity index (χ4n) is 2.79. The smallest absolute Gasteiger partial charge is 0.0789 e. The molecule has 0 saturated heterocycles. The molecule has 2 atom stereocenters. The molecule has 0 fully saturated rings. The Bertz CT molecular complexity index is 548. The van der Waals surface area contributed by atoms with Crippen molar-refractivity contribution in [1.29, 1.82) is 0 Å². The first-order valence-electron chi connectivity index (χ1n) is 7.28. The molecular weight excluding hydrogens is 248 g/mol. The Morgan fingerprint density at radius 3 is 2.60 bits per heavy atom. The second kappa shape index (κ2) is 6.82. The van der Waals surface area contributed by atoms with E-state index in [0.29, 0.717) is 5.92 Å². The number of nitrogens with one attached hydrogen (secondary N) is 1. The first-order valence-corrected chi connectivity index (χ1v) is 7.28. The number of rotatable bonds is 6. The molecule has 0 aliphatic heterocycles. The first kappa shape index (κ1) is 14.9. The van der Waals surface area contributed by atoms with Gasteiger partial charge in [0.1, 0.15) is 0 Å². The van der Waals surface area contributed by atoms with E-state index in [1.165, 1.54) is 10.9 Å². The van der Waals surface area contributed by atoms with Gasteiger partial charge in [-0.15, -0.1) is 0 Å². The SMILES string of the molecule is CCNC(c1cccc2cccnc12)C(OC)C(C)C. The van der Waals surface area contributed by atoms with Crippen molar-refractivity contribution in [3.63, 3.8) is 0 Å². The van der Waals surface area contributed by atoms with Gasteiger partial charge in [0.25, 0.3) is 0 Å². The number of pyridine rings is 1. The summed E-state index contributed by atoms with van der Waals surface area (Å²) >= 11 is 0. The first-order chi connectivity index (χ1) is 9.69. The number of hydrogen-bond donors (Lipinski definition) is 1. The molecule has 20 heavy (non-hydrogen) atoms. The minimum absolute atomic E-state index is 0.127. The molecule has 1 heterocycles. The second-order valence-corrected chi connectivity index (χ2v) is 5.40. The van der Waals surface area contributed by atoms with Crippen molar-refractivity contribution in [3.05, 3.63) is 42.1 Å². The standard InChI is InChI=1S/C17H24N2O/c1-5-18-16(17(20-4)12(2)3)14-10-6-8-13-9-7-11-19-15(13)14/h6-12,16-18H,5H2,1-4H3. The molecule has 3 nitrogen and oxygen atoms in total. The number of aromatic nitrogens is 1. The van der Waals surface area contributed by atoms with Gasteiger partial charge in [0.15, 0.2) is 0 Å². The summed E-state index contributed by atoms with van der Waals surface area (Å²) < 4.78 is 5.74. The molecule has 3 heteroatoms. The maximum absolute atomic E-state index is 5.74. The Morgan fingerprint density at radius 2 is 1.95 bits per heavy atom. The van der Waals surface area contributed by atoms with Crippen molar-refractivity contribution in [1.82, 2.24) is 10.3 Å². The molecule has 0 saturated carbocycles. The normalized spacial score (nSPS) is 14.7. The van der Waals surface area contributed by atoms with Crippen molar-refractivity contribution in [2.24, 2.45) is 5.92 Å². The number of ether oxygens (including phenoxy) is 1. The van der Waals surface area contributed by atoms with Crippen molar-refractivity contribution in [2.45, 2.75) is 32.9 Å². The Hall–Kier alpha value is -1.45. The quantitative estimate of drug-likeness (QED) is 0.873. The molecular formula is C17H24N2O. The Balaban J connectivity index is 2.51. The predicted octanol–water partition coefficient (Wildman–Crippen LogP) is 3.56. The van der Waals surface area contributed by atoms with Crippen LogP contribution in [0.3, 0.4) is 0 Å². The maximum atomic E-state index is 5.74. The zero-order chi connectivity index (χ0) is 14.5.